The highest BCUT2D eigenvalue weighted by atomic mass is 16.5. The number of aromatic nitrogens is 2. The summed E-state index contributed by atoms with van der Waals surface area (Å²) in [6, 6.07) is 7.33. The summed E-state index contributed by atoms with van der Waals surface area (Å²) in [5, 5.41) is 13.1. The highest BCUT2D eigenvalue weighted by Crippen LogP contribution is 2.27. The van der Waals surface area contributed by atoms with Gasteiger partial charge in [0.15, 0.2) is 11.5 Å². The van der Waals surface area contributed by atoms with E-state index in [1.165, 1.54) is 10.9 Å². The minimum absolute atomic E-state index is 0.116. The maximum absolute atomic E-state index is 11.1. The number of rotatable bonds is 7. The maximum atomic E-state index is 11.1. The molecule has 2 aromatic rings. The quantitative estimate of drug-likeness (QED) is 0.848. The third-order valence-electron chi connectivity index (χ3n) is 2.97. The number of carbonyl (C=O) groups is 1. The van der Waals surface area contributed by atoms with E-state index < -0.39 is 5.97 Å². The van der Waals surface area contributed by atoms with Gasteiger partial charge in [-0.25, -0.2) is 4.79 Å². The fraction of sp³-hybridized carbons (Fsp3) is 0.333. The molecule has 0 bridgehead atoms. The molecular formula is C15H18N2O4. The van der Waals surface area contributed by atoms with E-state index in [1.807, 2.05) is 25.1 Å². The number of nitrogens with zero attached hydrogens (tertiary/aromatic N) is 2. The van der Waals surface area contributed by atoms with E-state index in [0.29, 0.717) is 23.8 Å². The summed E-state index contributed by atoms with van der Waals surface area (Å²) in [6.07, 6.45) is 2.22. The van der Waals surface area contributed by atoms with Crippen LogP contribution in [0, 0.1) is 0 Å². The van der Waals surface area contributed by atoms with Gasteiger partial charge in [0.1, 0.15) is 12.2 Å². The Labute approximate surface area is 122 Å². The van der Waals surface area contributed by atoms with Crippen LogP contribution in [0.2, 0.25) is 0 Å². The van der Waals surface area contributed by atoms with Gasteiger partial charge in [0.2, 0.25) is 0 Å². The Morgan fingerprint density at radius 3 is 2.57 bits per heavy atom. The Hall–Kier alpha value is -2.50. The monoisotopic (exact) mass is 290 g/mol. The third kappa shape index (κ3) is 3.53. The van der Waals surface area contributed by atoms with E-state index in [-0.39, 0.29) is 12.2 Å². The first kappa shape index (κ1) is 14.9. The van der Waals surface area contributed by atoms with Crippen LogP contribution in [0.4, 0.5) is 0 Å². The van der Waals surface area contributed by atoms with Crippen LogP contribution in [-0.2, 0) is 13.7 Å². The van der Waals surface area contributed by atoms with Gasteiger partial charge in [0.05, 0.1) is 18.5 Å². The number of benzene rings is 1. The molecule has 21 heavy (non-hydrogen) atoms. The van der Waals surface area contributed by atoms with Crippen molar-refractivity contribution < 1.29 is 19.4 Å². The van der Waals surface area contributed by atoms with Crippen LogP contribution >= 0.6 is 0 Å². The minimum Gasteiger partial charge on any atom is -0.490 e. The zero-order chi connectivity index (χ0) is 15.2. The molecule has 1 N–H and O–H groups in total. The number of carboxylic acids is 1. The topological polar surface area (TPSA) is 73.6 Å². The molecule has 0 atom stereocenters. The van der Waals surface area contributed by atoms with Crippen LogP contribution in [0.1, 0.15) is 29.4 Å². The predicted molar refractivity (Wildman–Crippen MR) is 76.7 cm³/mol. The Morgan fingerprint density at radius 2 is 1.95 bits per heavy atom. The lowest BCUT2D eigenvalue weighted by molar-refractivity contribution is 0.0693. The van der Waals surface area contributed by atoms with Crippen molar-refractivity contribution in [3.63, 3.8) is 0 Å². The first-order valence-electron chi connectivity index (χ1n) is 6.72. The van der Waals surface area contributed by atoms with Crippen molar-refractivity contribution in [2.24, 2.45) is 7.05 Å². The van der Waals surface area contributed by atoms with Gasteiger partial charge in [0, 0.05) is 7.05 Å². The molecule has 1 heterocycles. The van der Waals surface area contributed by atoms with Gasteiger partial charge in [-0.15, -0.1) is 0 Å². The van der Waals surface area contributed by atoms with Crippen LogP contribution in [0.5, 0.6) is 11.5 Å². The number of aromatic carboxylic acids is 1. The molecule has 1 aromatic carbocycles. The molecular weight excluding hydrogens is 272 g/mol. The summed E-state index contributed by atoms with van der Waals surface area (Å²) in [5.74, 6) is 0.221. The van der Waals surface area contributed by atoms with E-state index >= 15 is 0 Å². The Bertz CT molecular complexity index is 622. The molecule has 0 aliphatic carbocycles. The van der Waals surface area contributed by atoms with Crippen LogP contribution in [0.25, 0.3) is 0 Å². The second kappa shape index (κ2) is 6.78. The first-order chi connectivity index (χ1) is 10.1. The Balaban J connectivity index is 2.13. The fourth-order valence-electron chi connectivity index (χ4n) is 1.86. The number of hydrogen-bond acceptors (Lipinski definition) is 4. The minimum atomic E-state index is -1.02. The van der Waals surface area contributed by atoms with Crippen LogP contribution < -0.4 is 9.47 Å². The lowest BCUT2D eigenvalue weighted by Crippen LogP contribution is -2.09. The van der Waals surface area contributed by atoms with Crippen molar-refractivity contribution in [3.8, 4) is 11.5 Å². The van der Waals surface area contributed by atoms with E-state index in [4.69, 9.17) is 14.6 Å². The number of hydrogen-bond donors (Lipinski definition) is 1. The van der Waals surface area contributed by atoms with Gasteiger partial charge >= 0.3 is 5.97 Å². The number of aryl methyl sites for hydroxylation is 1. The van der Waals surface area contributed by atoms with Crippen molar-refractivity contribution in [2.75, 3.05) is 6.61 Å². The smallest absolute Gasteiger partial charge is 0.339 e. The third-order valence-corrected chi connectivity index (χ3v) is 2.97. The van der Waals surface area contributed by atoms with Crippen LogP contribution in [-0.4, -0.2) is 27.5 Å². The molecule has 2 rings (SSSR count). The molecule has 0 amide bonds. The zero-order valence-electron chi connectivity index (χ0n) is 12.1. The average Bonchev–Trinajstić information content (AvgIpc) is 2.85. The molecule has 0 saturated carbocycles. The Kier molecular flexibility index (Phi) is 4.81. The number of ether oxygens (including phenoxy) is 2. The standard InChI is InChI=1S/C15H18N2O4/c1-3-8-20-13-6-4-5-7-14(13)21-10-12-11(15(18)19)9-16-17(12)2/h4-7,9H,3,8,10H2,1-2H3,(H,18,19). The molecule has 112 valence electrons. The summed E-state index contributed by atoms with van der Waals surface area (Å²) in [6.45, 7) is 2.75. The fourth-order valence-corrected chi connectivity index (χ4v) is 1.86. The molecule has 0 radical (unpaired) electrons. The van der Waals surface area contributed by atoms with Crippen molar-refractivity contribution in [1.29, 1.82) is 0 Å². The maximum Gasteiger partial charge on any atom is 0.339 e. The van der Waals surface area contributed by atoms with E-state index in [0.717, 1.165) is 6.42 Å². The molecule has 0 saturated heterocycles. The number of carboxylic acid groups (broad SMARTS) is 1. The second-order valence-electron chi connectivity index (χ2n) is 4.52. The van der Waals surface area contributed by atoms with Crippen molar-refractivity contribution >= 4 is 5.97 Å². The molecule has 1 aromatic heterocycles. The first-order valence-corrected chi connectivity index (χ1v) is 6.72. The van der Waals surface area contributed by atoms with Gasteiger partial charge < -0.3 is 14.6 Å². The van der Waals surface area contributed by atoms with E-state index in [1.54, 1.807) is 13.1 Å². The van der Waals surface area contributed by atoms with Crippen molar-refractivity contribution in [1.82, 2.24) is 9.78 Å². The SMILES string of the molecule is CCCOc1ccccc1OCc1c(C(=O)O)cnn1C. The molecule has 0 fully saturated rings. The summed E-state index contributed by atoms with van der Waals surface area (Å²) >= 11 is 0. The van der Waals surface area contributed by atoms with Crippen LogP contribution in [0.3, 0.4) is 0 Å². The van der Waals surface area contributed by atoms with Gasteiger partial charge in [-0.1, -0.05) is 19.1 Å². The lowest BCUT2D eigenvalue weighted by Gasteiger charge is -2.12. The summed E-state index contributed by atoms with van der Waals surface area (Å²) in [4.78, 5) is 11.1. The van der Waals surface area contributed by atoms with Gasteiger partial charge in [-0.3, -0.25) is 4.68 Å². The summed E-state index contributed by atoms with van der Waals surface area (Å²) in [5.41, 5.74) is 0.650. The van der Waals surface area contributed by atoms with Crippen LogP contribution in [0.15, 0.2) is 30.5 Å². The molecule has 6 nitrogen and oxygen atoms in total. The van der Waals surface area contributed by atoms with E-state index in [2.05, 4.69) is 5.10 Å². The second-order valence-corrected chi connectivity index (χ2v) is 4.52. The molecule has 0 aliphatic heterocycles. The van der Waals surface area contributed by atoms with Gasteiger partial charge in [0.25, 0.3) is 0 Å². The highest BCUT2D eigenvalue weighted by Gasteiger charge is 2.16. The zero-order valence-corrected chi connectivity index (χ0v) is 12.1. The van der Waals surface area contributed by atoms with E-state index in [9.17, 15) is 4.79 Å². The molecule has 0 aliphatic rings. The van der Waals surface area contributed by atoms with Crippen molar-refractivity contribution in [2.45, 2.75) is 20.0 Å². The Morgan fingerprint density at radius 1 is 1.29 bits per heavy atom. The largest absolute Gasteiger partial charge is 0.490 e. The lowest BCUT2D eigenvalue weighted by atomic mass is 10.2. The molecule has 0 spiro atoms. The molecule has 6 heteroatoms. The predicted octanol–water partition coefficient (Wildman–Crippen LogP) is 2.49. The number of para-hydroxylation sites is 2. The summed E-state index contributed by atoms with van der Waals surface area (Å²) < 4.78 is 12.8. The average molecular weight is 290 g/mol. The van der Waals surface area contributed by atoms with Crippen molar-refractivity contribution in [3.05, 3.63) is 41.7 Å². The molecule has 0 unspecified atom stereocenters. The van der Waals surface area contributed by atoms with Gasteiger partial charge in [-0.2, -0.15) is 5.10 Å². The highest BCUT2D eigenvalue weighted by molar-refractivity contribution is 5.88. The van der Waals surface area contributed by atoms with Gasteiger partial charge in [-0.05, 0) is 18.6 Å². The summed E-state index contributed by atoms with van der Waals surface area (Å²) in [7, 11) is 1.69. The normalized spacial score (nSPS) is 10.4.